The van der Waals surface area contributed by atoms with Crippen molar-refractivity contribution in [1.82, 2.24) is 4.67 Å². The SMILES string of the molecule is NC1CCC2CN(P)CC2C1. The molecule has 0 aromatic heterocycles. The zero-order valence-corrected chi connectivity index (χ0v) is 8.02. The first-order valence-electron chi connectivity index (χ1n) is 4.51. The third-order valence-corrected chi connectivity index (χ3v) is 3.54. The van der Waals surface area contributed by atoms with Crippen LogP contribution in [0.15, 0.2) is 0 Å². The minimum absolute atomic E-state index is 0.493. The van der Waals surface area contributed by atoms with Crippen LogP contribution in [0.25, 0.3) is 0 Å². The molecule has 2 fully saturated rings. The van der Waals surface area contributed by atoms with Gasteiger partial charge in [-0.15, -0.1) is 0 Å². The number of rotatable bonds is 0. The van der Waals surface area contributed by atoms with Gasteiger partial charge in [-0.1, -0.05) is 9.39 Å². The fourth-order valence-electron chi connectivity index (χ4n) is 2.50. The summed E-state index contributed by atoms with van der Waals surface area (Å²) >= 11 is 0. The highest BCUT2D eigenvalue weighted by Gasteiger charge is 2.34. The Labute approximate surface area is 70.8 Å². The van der Waals surface area contributed by atoms with Gasteiger partial charge >= 0.3 is 0 Å². The van der Waals surface area contributed by atoms with E-state index in [1.165, 1.54) is 32.4 Å². The van der Waals surface area contributed by atoms with E-state index < -0.39 is 0 Å². The third kappa shape index (κ3) is 1.58. The molecule has 11 heavy (non-hydrogen) atoms. The Morgan fingerprint density at radius 1 is 1.18 bits per heavy atom. The smallest absolute Gasteiger partial charge is 0.00483 e. The van der Waals surface area contributed by atoms with E-state index in [1.54, 1.807) is 0 Å². The lowest BCUT2D eigenvalue weighted by molar-refractivity contribution is 0.271. The van der Waals surface area contributed by atoms with Gasteiger partial charge in [0.05, 0.1) is 0 Å². The molecule has 0 spiro atoms. The van der Waals surface area contributed by atoms with Crippen LogP contribution in [0.3, 0.4) is 0 Å². The maximum atomic E-state index is 5.91. The van der Waals surface area contributed by atoms with E-state index >= 15 is 0 Å². The Morgan fingerprint density at radius 3 is 2.73 bits per heavy atom. The molecule has 1 saturated carbocycles. The summed E-state index contributed by atoms with van der Waals surface area (Å²) in [6, 6.07) is 0.493. The summed E-state index contributed by atoms with van der Waals surface area (Å²) in [6.07, 6.45) is 3.87. The fourth-order valence-corrected chi connectivity index (χ4v) is 3.05. The molecule has 2 rings (SSSR count). The van der Waals surface area contributed by atoms with Crippen molar-refractivity contribution in [3.8, 4) is 0 Å². The summed E-state index contributed by atoms with van der Waals surface area (Å²) in [6.45, 7) is 2.53. The molecule has 1 aliphatic carbocycles. The highest BCUT2D eigenvalue weighted by molar-refractivity contribution is 7.13. The molecule has 64 valence electrons. The van der Waals surface area contributed by atoms with Crippen LogP contribution < -0.4 is 5.73 Å². The van der Waals surface area contributed by atoms with Gasteiger partial charge in [-0.2, -0.15) is 0 Å². The standard InChI is InChI=1S/C8H17N2P/c9-8-2-1-6-4-10(11)5-7(6)3-8/h6-8H,1-5,9,11H2. The van der Waals surface area contributed by atoms with Crippen molar-refractivity contribution in [2.45, 2.75) is 25.3 Å². The van der Waals surface area contributed by atoms with Crippen molar-refractivity contribution in [3.63, 3.8) is 0 Å². The zero-order chi connectivity index (χ0) is 7.84. The molecule has 4 unspecified atom stereocenters. The molecular weight excluding hydrogens is 155 g/mol. The monoisotopic (exact) mass is 172 g/mol. The summed E-state index contributed by atoms with van der Waals surface area (Å²) in [5.41, 5.74) is 5.91. The maximum absolute atomic E-state index is 5.91. The Morgan fingerprint density at radius 2 is 1.91 bits per heavy atom. The Kier molecular flexibility index (Phi) is 2.18. The van der Waals surface area contributed by atoms with Gasteiger partial charge in [0.25, 0.3) is 0 Å². The number of fused-ring (bicyclic) bond motifs is 1. The van der Waals surface area contributed by atoms with Crippen molar-refractivity contribution >= 4 is 9.39 Å². The van der Waals surface area contributed by atoms with Gasteiger partial charge < -0.3 is 5.73 Å². The minimum atomic E-state index is 0.493. The van der Waals surface area contributed by atoms with E-state index in [0.29, 0.717) is 6.04 Å². The quantitative estimate of drug-likeness (QED) is 0.548. The van der Waals surface area contributed by atoms with Crippen LogP contribution in [0.2, 0.25) is 0 Å². The first-order chi connectivity index (χ1) is 5.25. The zero-order valence-electron chi connectivity index (χ0n) is 6.87. The summed E-state index contributed by atoms with van der Waals surface area (Å²) < 4.78 is 2.37. The van der Waals surface area contributed by atoms with Crippen LogP contribution in [0.4, 0.5) is 0 Å². The van der Waals surface area contributed by atoms with Gasteiger partial charge in [-0.05, 0) is 31.1 Å². The summed E-state index contributed by atoms with van der Waals surface area (Å²) in [5.74, 6) is 1.85. The molecule has 2 nitrogen and oxygen atoms in total. The van der Waals surface area contributed by atoms with Crippen molar-refractivity contribution in [2.75, 3.05) is 13.1 Å². The van der Waals surface area contributed by atoms with Gasteiger partial charge in [0, 0.05) is 19.1 Å². The maximum Gasteiger partial charge on any atom is 0.00483 e. The van der Waals surface area contributed by atoms with Crippen LogP contribution in [0.1, 0.15) is 19.3 Å². The second-order valence-electron chi connectivity index (χ2n) is 4.05. The first kappa shape index (κ1) is 7.97. The number of nitrogens with two attached hydrogens (primary N) is 1. The molecule has 1 aliphatic heterocycles. The largest absolute Gasteiger partial charge is 0.328 e. The van der Waals surface area contributed by atoms with Crippen LogP contribution in [-0.2, 0) is 0 Å². The average Bonchev–Trinajstić information content (AvgIpc) is 2.27. The van der Waals surface area contributed by atoms with E-state index in [1.807, 2.05) is 0 Å². The highest BCUT2D eigenvalue weighted by atomic mass is 31.0. The lowest BCUT2D eigenvalue weighted by Crippen LogP contribution is -2.32. The number of nitrogens with zero attached hydrogens (tertiary/aromatic N) is 1. The summed E-state index contributed by atoms with van der Waals surface area (Å²) in [4.78, 5) is 0. The molecule has 0 aromatic rings. The van der Waals surface area contributed by atoms with Crippen LogP contribution in [0, 0.1) is 11.8 Å². The molecule has 0 radical (unpaired) electrons. The van der Waals surface area contributed by atoms with Gasteiger partial charge in [0.15, 0.2) is 0 Å². The Balaban J connectivity index is 1.97. The molecule has 1 saturated heterocycles. The van der Waals surface area contributed by atoms with Crippen LogP contribution >= 0.6 is 9.39 Å². The van der Waals surface area contributed by atoms with E-state index in [2.05, 4.69) is 14.1 Å². The van der Waals surface area contributed by atoms with E-state index in [9.17, 15) is 0 Å². The lowest BCUT2D eigenvalue weighted by Gasteiger charge is -2.28. The minimum Gasteiger partial charge on any atom is -0.328 e. The molecule has 0 amide bonds. The molecule has 2 aliphatic rings. The third-order valence-electron chi connectivity index (χ3n) is 3.12. The van der Waals surface area contributed by atoms with Crippen LogP contribution in [0.5, 0.6) is 0 Å². The lowest BCUT2D eigenvalue weighted by atomic mass is 9.79. The van der Waals surface area contributed by atoms with Crippen LogP contribution in [-0.4, -0.2) is 23.8 Å². The first-order valence-corrected chi connectivity index (χ1v) is 5.02. The van der Waals surface area contributed by atoms with Crippen molar-refractivity contribution in [1.29, 1.82) is 0 Å². The van der Waals surface area contributed by atoms with Gasteiger partial charge in [0.1, 0.15) is 0 Å². The van der Waals surface area contributed by atoms with E-state index in [-0.39, 0.29) is 0 Å². The molecule has 2 N–H and O–H groups in total. The molecule has 4 atom stereocenters. The second-order valence-corrected chi connectivity index (χ2v) is 4.78. The molecule has 3 heteroatoms. The summed E-state index contributed by atoms with van der Waals surface area (Å²) in [7, 11) is 2.81. The molecule has 0 bridgehead atoms. The van der Waals surface area contributed by atoms with Crippen molar-refractivity contribution in [2.24, 2.45) is 17.6 Å². The van der Waals surface area contributed by atoms with Gasteiger partial charge in [0.2, 0.25) is 0 Å². The number of hydrogen-bond acceptors (Lipinski definition) is 2. The van der Waals surface area contributed by atoms with Crippen molar-refractivity contribution < 1.29 is 0 Å². The normalized spacial score (nSPS) is 45.8. The predicted molar refractivity (Wildman–Crippen MR) is 50.1 cm³/mol. The van der Waals surface area contributed by atoms with E-state index in [0.717, 1.165) is 11.8 Å². The Bertz CT molecular complexity index is 151. The highest BCUT2D eigenvalue weighted by Crippen LogP contribution is 2.36. The van der Waals surface area contributed by atoms with Crippen molar-refractivity contribution in [3.05, 3.63) is 0 Å². The summed E-state index contributed by atoms with van der Waals surface area (Å²) in [5, 5.41) is 0. The Hall–Kier alpha value is 0.350. The fraction of sp³-hybridized carbons (Fsp3) is 1.00. The molecular formula is C8H17N2P. The predicted octanol–water partition coefficient (Wildman–Crippen LogP) is 0.836. The van der Waals surface area contributed by atoms with Gasteiger partial charge in [-0.25, -0.2) is 0 Å². The number of hydrogen-bond donors (Lipinski definition) is 1. The second kappa shape index (κ2) is 3.01. The van der Waals surface area contributed by atoms with E-state index in [4.69, 9.17) is 5.73 Å². The molecule has 0 aromatic carbocycles. The molecule has 1 heterocycles. The average molecular weight is 172 g/mol. The van der Waals surface area contributed by atoms with Gasteiger partial charge in [-0.3, -0.25) is 4.67 Å². The topological polar surface area (TPSA) is 29.3 Å².